The van der Waals surface area contributed by atoms with Gasteiger partial charge in [-0.1, -0.05) is 6.07 Å². The van der Waals surface area contributed by atoms with Crippen LogP contribution in [0, 0.1) is 6.92 Å². The molecule has 0 bridgehead atoms. The number of hydrogen-bond acceptors (Lipinski definition) is 3. The summed E-state index contributed by atoms with van der Waals surface area (Å²) in [7, 11) is 3.20. The third-order valence-corrected chi connectivity index (χ3v) is 2.81. The zero-order valence-corrected chi connectivity index (χ0v) is 11.6. The number of halogens is 1. The minimum absolute atomic E-state index is 0.00952. The number of alkyl halides is 1. The van der Waals surface area contributed by atoms with Gasteiger partial charge in [0.05, 0.1) is 17.5 Å². The van der Waals surface area contributed by atoms with E-state index >= 15 is 0 Å². The molecule has 0 saturated carbocycles. The van der Waals surface area contributed by atoms with Crippen molar-refractivity contribution in [3.63, 3.8) is 0 Å². The molecule has 18 heavy (non-hydrogen) atoms. The highest BCUT2D eigenvalue weighted by Gasteiger charge is 2.18. The summed E-state index contributed by atoms with van der Waals surface area (Å²) in [5.41, 5.74) is 1.19. The Morgan fingerprint density at radius 2 is 2.22 bits per heavy atom. The molecule has 0 spiro atoms. The van der Waals surface area contributed by atoms with Crippen LogP contribution < -0.4 is 0 Å². The van der Waals surface area contributed by atoms with Gasteiger partial charge in [-0.05, 0) is 24.6 Å². The molecule has 0 aromatic heterocycles. The summed E-state index contributed by atoms with van der Waals surface area (Å²) in [5, 5.41) is 9.48. The summed E-state index contributed by atoms with van der Waals surface area (Å²) in [6.07, 6.45) is 0. The second kappa shape index (κ2) is 6.61. The van der Waals surface area contributed by atoms with E-state index in [2.05, 4.69) is 0 Å². The maximum atomic E-state index is 12.1. The Hall–Kier alpha value is -1.26. The number of benzene rings is 1. The third kappa shape index (κ3) is 3.89. The molecule has 1 aromatic rings. The van der Waals surface area contributed by atoms with Gasteiger partial charge in [-0.3, -0.25) is 4.79 Å². The normalized spacial score (nSPS) is 12.2. The lowest BCUT2D eigenvalue weighted by atomic mass is 10.1. The summed E-state index contributed by atoms with van der Waals surface area (Å²) in [4.78, 5) is 13.6. The van der Waals surface area contributed by atoms with Crippen LogP contribution in [-0.2, 0) is 4.74 Å². The van der Waals surface area contributed by atoms with E-state index in [1.165, 1.54) is 4.90 Å². The van der Waals surface area contributed by atoms with Gasteiger partial charge in [0, 0.05) is 20.7 Å². The molecular formula is C13H18ClNO3. The largest absolute Gasteiger partial charge is 0.507 e. The van der Waals surface area contributed by atoms with E-state index in [4.69, 9.17) is 16.3 Å². The van der Waals surface area contributed by atoms with Crippen LogP contribution in [0.3, 0.4) is 0 Å². The number of rotatable bonds is 5. The van der Waals surface area contributed by atoms with Crippen LogP contribution in [0.25, 0.3) is 0 Å². The predicted molar refractivity (Wildman–Crippen MR) is 71.3 cm³/mol. The van der Waals surface area contributed by atoms with Gasteiger partial charge >= 0.3 is 0 Å². The monoisotopic (exact) mass is 271 g/mol. The maximum absolute atomic E-state index is 12.1. The molecule has 1 rings (SSSR count). The number of nitrogens with zero attached hydrogens (tertiary/aromatic N) is 1. The Bertz CT molecular complexity index is 423. The van der Waals surface area contributed by atoms with Crippen LogP contribution >= 0.6 is 11.6 Å². The standard InChI is InChI=1S/C13H18ClNO3/c1-9-4-5-11(12(16)6-9)13(17)15(2)7-10(14)8-18-3/h4-6,10,16H,7-8H2,1-3H3. The zero-order chi connectivity index (χ0) is 13.7. The van der Waals surface area contributed by atoms with E-state index in [0.717, 1.165) is 5.56 Å². The summed E-state index contributed by atoms with van der Waals surface area (Å²) in [6, 6.07) is 4.96. The molecule has 100 valence electrons. The molecule has 0 saturated heterocycles. The number of hydrogen-bond donors (Lipinski definition) is 1. The number of aryl methyl sites for hydroxylation is 1. The lowest BCUT2D eigenvalue weighted by Crippen LogP contribution is -2.34. The smallest absolute Gasteiger partial charge is 0.257 e. The van der Waals surface area contributed by atoms with Crippen LogP contribution in [0.5, 0.6) is 5.75 Å². The summed E-state index contributed by atoms with van der Waals surface area (Å²) >= 11 is 5.99. The van der Waals surface area contributed by atoms with Crippen LogP contribution in [0.2, 0.25) is 0 Å². The van der Waals surface area contributed by atoms with E-state index in [0.29, 0.717) is 13.2 Å². The van der Waals surface area contributed by atoms with Crippen molar-refractivity contribution in [1.29, 1.82) is 0 Å². The van der Waals surface area contributed by atoms with Crippen molar-refractivity contribution in [3.05, 3.63) is 29.3 Å². The third-order valence-electron chi connectivity index (χ3n) is 2.55. The Balaban J connectivity index is 2.74. The van der Waals surface area contributed by atoms with Crippen molar-refractivity contribution in [1.82, 2.24) is 4.90 Å². The number of aromatic hydroxyl groups is 1. The number of methoxy groups -OCH3 is 1. The molecule has 0 fully saturated rings. The molecule has 0 aliphatic rings. The molecule has 1 N–H and O–H groups in total. The fourth-order valence-corrected chi connectivity index (χ4v) is 1.97. The van der Waals surface area contributed by atoms with Crippen molar-refractivity contribution >= 4 is 17.5 Å². The fraction of sp³-hybridized carbons (Fsp3) is 0.462. The molecule has 1 aromatic carbocycles. The van der Waals surface area contributed by atoms with Crippen molar-refractivity contribution < 1.29 is 14.6 Å². The molecule has 5 heteroatoms. The SMILES string of the molecule is COCC(Cl)CN(C)C(=O)c1ccc(C)cc1O. The van der Waals surface area contributed by atoms with E-state index < -0.39 is 0 Å². The lowest BCUT2D eigenvalue weighted by molar-refractivity contribution is 0.0778. The topological polar surface area (TPSA) is 49.8 Å². The van der Waals surface area contributed by atoms with E-state index in [1.807, 2.05) is 6.92 Å². The summed E-state index contributed by atoms with van der Waals surface area (Å²) in [5.74, 6) is -0.265. The second-order valence-electron chi connectivity index (χ2n) is 4.26. The first-order valence-electron chi connectivity index (χ1n) is 5.63. The number of carbonyl (C=O) groups is 1. The van der Waals surface area contributed by atoms with Gasteiger partial charge in [0.1, 0.15) is 5.75 Å². The summed E-state index contributed by atoms with van der Waals surface area (Å²) < 4.78 is 4.91. The highest BCUT2D eigenvalue weighted by molar-refractivity contribution is 6.21. The first kappa shape index (κ1) is 14.8. The predicted octanol–water partition coefficient (Wildman–Crippen LogP) is 2.03. The maximum Gasteiger partial charge on any atom is 0.257 e. The highest BCUT2D eigenvalue weighted by atomic mass is 35.5. The van der Waals surface area contributed by atoms with E-state index in [1.54, 1.807) is 32.4 Å². The van der Waals surface area contributed by atoms with Gasteiger partial charge in [-0.15, -0.1) is 11.6 Å². The molecule has 0 heterocycles. The fourth-order valence-electron chi connectivity index (χ4n) is 1.64. The van der Waals surface area contributed by atoms with Crippen LogP contribution in [0.15, 0.2) is 18.2 Å². The van der Waals surface area contributed by atoms with Gasteiger partial charge in [0.15, 0.2) is 0 Å². The van der Waals surface area contributed by atoms with E-state index in [-0.39, 0.29) is 22.6 Å². The Labute approximate surface area is 112 Å². The molecule has 0 aliphatic carbocycles. The van der Waals surface area contributed by atoms with Crippen LogP contribution in [-0.4, -0.2) is 48.6 Å². The Morgan fingerprint density at radius 1 is 1.56 bits per heavy atom. The average Bonchev–Trinajstić information content (AvgIpc) is 2.28. The Morgan fingerprint density at radius 3 is 2.78 bits per heavy atom. The van der Waals surface area contributed by atoms with Crippen molar-refractivity contribution in [2.75, 3.05) is 27.3 Å². The number of phenolic OH excluding ortho intramolecular Hbond substituents is 1. The van der Waals surface area contributed by atoms with Gasteiger partial charge in [0.25, 0.3) is 5.91 Å². The highest BCUT2D eigenvalue weighted by Crippen LogP contribution is 2.20. The minimum atomic E-state index is -0.267. The average molecular weight is 272 g/mol. The van der Waals surface area contributed by atoms with Crippen molar-refractivity contribution in [2.24, 2.45) is 0 Å². The van der Waals surface area contributed by atoms with Crippen molar-refractivity contribution in [3.8, 4) is 5.75 Å². The molecule has 1 amide bonds. The van der Waals surface area contributed by atoms with Crippen LogP contribution in [0.4, 0.5) is 0 Å². The quantitative estimate of drug-likeness (QED) is 0.834. The molecule has 1 atom stereocenters. The first-order chi connectivity index (χ1) is 8.45. The number of amides is 1. The molecule has 0 aliphatic heterocycles. The van der Waals surface area contributed by atoms with Crippen LogP contribution in [0.1, 0.15) is 15.9 Å². The van der Waals surface area contributed by atoms with Gasteiger partial charge in [0.2, 0.25) is 0 Å². The molecular weight excluding hydrogens is 254 g/mol. The number of phenols is 1. The Kier molecular flexibility index (Phi) is 5.44. The summed E-state index contributed by atoms with van der Waals surface area (Å²) in [6.45, 7) is 2.59. The first-order valence-corrected chi connectivity index (χ1v) is 6.07. The minimum Gasteiger partial charge on any atom is -0.507 e. The second-order valence-corrected chi connectivity index (χ2v) is 4.88. The lowest BCUT2D eigenvalue weighted by Gasteiger charge is -2.20. The van der Waals surface area contributed by atoms with Crippen molar-refractivity contribution in [2.45, 2.75) is 12.3 Å². The van der Waals surface area contributed by atoms with Gasteiger partial charge in [-0.25, -0.2) is 0 Å². The van der Waals surface area contributed by atoms with Gasteiger partial charge < -0.3 is 14.7 Å². The zero-order valence-electron chi connectivity index (χ0n) is 10.8. The number of ether oxygens (including phenoxy) is 1. The number of carbonyl (C=O) groups excluding carboxylic acids is 1. The molecule has 4 nitrogen and oxygen atoms in total. The van der Waals surface area contributed by atoms with E-state index in [9.17, 15) is 9.90 Å². The van der Waals surface area contributed by atoms with Gasteiger partial charge in [-0.2, -0.15) is 0 Å². The molecule has 0 radical (unpaired) electrons. The molecule has 1 unspecified atom stereocenters.